The van der Waals surface area contributed by atoms with Crippen LogP contribution in [-0.2, 0) is 10.7 Å². The Kier molecular flexibility index (Phi) is 5.64. The predicted molar refractivity (Wildman–Crippen MR) is 109 cm³/mol. The molecule has 1 aliphatic rings. The van der Waals surface area contributed by atoms with Gasteiger partial charge in [-0.25, -0.2) is 14.4 Å². The Morgan fingerprint density at radius 2 is 1.87 bits per heavy atom. The van der Waals surface area contributed by atoms with Crippen LogP contribution in [0.15, 0.2) is 42.6 Å². The third-order valence-corrected chi connectivity index (χ3v) is 4.61. The molecule has 10 heteroatoms. The van der Waals surface area contributed by atoms with Gasteiger partial charge in [-0.05, 0) is 30.3 Å². The molecule has 0 atom stereocenters. The monoisotopic (exact) mass is 431 g/mol. The van der Waals surface area contributed by atoms with Crippen LogP contribution < -0.4 is 15.4 Å². The van der Waals surface area contributed by atoms with Crippen LogP contribution in [0, 0.1) is 5.82 Å². The maximum absolute atomic E-state index is 14.5. The van der Waals surface area contributed by atoms with E-state index in [0.717, 1.165) is 6.92 Å². The van der Waals surface area contributed by atoms with Crippen molar-refractivity contribution in [1.82, 2.24) is 15.0 Å². The number of aromatic nitrogens is 3. The Balaban J connectivity index is 1.72. The van der Waals surface area contributed by atoms with Crippen LogP contribution in [0.5, 0.6) is 5.75 Å². The summed E-state index contributed by atoms with van der Waals surface area (Å²) >= 11 is 0. The highest BCUT2D eigenvalue weighted by molar-refractivity contribution is 5.66. The highest BCUT2D eigenvalue weighted by Gasteiger charge is 2.26. The lowest BCUT2D eigenvalue weighted by Crippen LogP contribution is -2.40. The van der Waals surface area contributed by atoms with Crippen molar-refractivity contribution in [2.45, 2.75) is 18.9 Å². The van der Waals surface area contributed by atoms with E-state index in [1.165, 1.54) is 43.6 Å². The van der Waals surface area contributed by atoms with Crippen molar-refractivity contribution in [3.8, 4) is 17.1 Å². The van der Waals surface area contributed by atoms with Gasteiger partial charge in [0.1, 0.15) is 28.9 Å². The number of hydrogen-bond donors (Lipinski definition) is 2. The molecule has 162 valence electrons. The quantitative estimate of drug-likeness (QED) is 0.576. The summed E-state index contributed by atoms with van der Waals surface area (Å²) in [5, 5.41) is 6.17. The van der Waals surface area contributed by atoms with E-state index in [-0.39, 0.29) is 23.1 Å². The van der Waals surface area contributed by atoms with Crippen molar-refractivity contribution >= 4 is 17.3 Å². The highest BCUT2D eigenvalue weighted by Crippen LogP contribution is 2.30. The zero-order chi connectivity index (χ0) is 22.0. The van der Waals surface area contributed by atoms with Crippen molar-refractivity contribution in [2.24, 2.45) is 0 Å². The van der Waals surface area contributed by atoms with Gasteiger partial charge in [0, 0.05) is 24.9 Å². The predicted octanol–water partition coefficient (Wildman–Crippen LogP) is 4.35. The van der Waals surface area contributed by atoms with Crippen LogP contribution in [-0.4, -0.2) is 41.3 Å². The minimum absolute atomic E-state index is 0.0667. The second kappa shape index (κ2) is 8.38. The summed E-state index contributed by atoms with van der Waals surface area (Å²) in [6.45, 7) is 1.82. The number of benzene rings is 1. The standard InChI is InChI=1S/C21H20F3N5O2/c1-21(23,24)17-7-12(5-6-25-17)26-18-9-19(27-13-10-31-11-13)29-20(28-18)15-8-14(30-2)3-4-16(15)22/h3-9,13H,10-11H2,1-2H3,(H2,25,26,27,28,29). The fraction of sp³-hybridized carbons (Fsp3) is 0.286. The molecule has 0 spiro atoms. The molecule has 0 unspecified atom stereocenters. The average molecular weight is 431 g/mol. The van der Waals surface area contributed by atoms with Gasteiger partial charge < -0.3 is 20.1 Å². The summed E-state index contributed by atoms with van der Waals surface area (Å²) in [4.78, 5) is 12.5. The van der Waals surface area contributed by atoms with Gasteiger partial charge in [-0.1, -0.05) is 0 Å². The molecule has 3 aromatic rings. The van der Waals surface area contributed by atoms with Crippen LogP contribution >= 0.6 is 0 Å². The molecule has 0 saturated carbocycles. The number of pyridine rings is 1. The molecule has 0 bridgehead atoms. The van der Waals surface area contributed by atoms with E-state index in [4.69, 9.17) is 9.47 Å². The van der Waals surface area contributed by atoms with Crippen LogP contribution in [0.2, 0.25) is 0 Å². The Labute approximate surface area is 176 Å². The van der Waals surface area contributed by atoms with E-state index >= 15 is 0 Å². The van der Waals surface area contributed by atoms with Crippen molar-refractivity contribution in [3.63, 3.8) is 0 Å². The minimum Gasteiger partial charge on any atom is -0.497 e. The summed E-state index contributed by atoms with van der Waals surface area (Å²) in [6, 6.07) is 8.71. The number of anilines is 3. The number of halogens is 3. The number of nitrogens with zero attached hydrogens (tertiary/aromatic N) is 3. The van der Waals surface area contributed by atoms with Crippen molar-refractivity contribution < 1.29 is 22.6 Å². The summed E-state index contributed by atoms with van der Waals surface area (Å²) in [7, 11) is 1.48. The number of hydrogen-bond acceptors (Lipinski definition) is 7. The third kappa shape index (κ3) is 4.85. The molecular formula is C21H20F3N5O2. The lowest BCUT2D eigenvalue weighted by molar-refractivity contribution is 0.0128. The topological polar surface area (TPSA) is 81.2 Å². The van der Waals surface area contributed by atoms with Gasteiger partial charge in [-0.15, -0.1) is 0 Å². The number of alkyl halides is 2. The number of ether oxygens (including phenoxy) is 2. The number of nitrogens with one attached hydrogen (secondary N) is 2. The van der Waals surface area contributed by atoms with Crippen molar-refractivity contribution in [1.29, 1.82) is 0 Å². The molecule has 2 N–H and O–H groups in total. The van der Waals surface area contributed by atoms with E-state index in [9.17, 15) is 13.2 Å². The van der Waals surface area contributed by atoms with Gasteiger partial charge in [0.25, 0.3) is 5.92 Å². The van der Waals surface area contributed by atoms with E-state index in [1.54, 1.807) is 6.07 Å². The number of rotatable bonds is 7. The molecule has 0 amide bonds. The second-order valence-corrected chi connectivity index (χ2v) is 7.13. The summed E-state index contributed by atoms with van der Waals surface area (Å²) < 4.78 is 52.1. The Morgan fingerprint density at radius 1 is 1.10 bits per heavy atom. The van der Waals surface area contributed by atoms with Crippen LogP contribution in [0.3, 0.4) is 0 Å². The normalized spacial score (nSPS) is 14.1. The largest absolute Gasteiger partial charge is 0.497 e. The van der Waals surface area contributed by atoms with Crippen LogP contribution in [0.1, 0.15) is 12.6 Å². The molecule has 3 heterocycles. The van der Waals surface area contributed by atoms with E-state index in [2.05, 4.69) is 25.6 Å². The van der Waals surface area contributed by atoms with Crippen LogP contribution in [0.4, 0.5) is 30.5 Å². The highest BCUT2D eigenvalue weighted by atomic mass is 19.3. The van der Waals surface area contributed by atoms with Crippen LogP contribution in [0.25, 0.3) is 11.4 Å². The van der Waals surface area contributed by atoms with Gasteiger partial charge >= 0.3 is 0 Å². The lowest BCUT2D eigenvalue weighted by atomic mass is 10.2. The average Bonchev–Trinajstić information content (AvgIpc) is 2.70. The van der Waals surface area contributed by atoms with E-state index in [1.807, 2.05) is 0 Å². The SMILES string of the molecule is COc1ccc(F)c(-c2nc(Nc3ccnc(C(C)(F)F)c3)cc(NC3COC3)n2)c1. The molecule has 0 aliphatic carbocycles. The first-order chi connectivity index (χ1) is 14.8. The van der Waals surface area contributed by atoms with Gasteiger partial charge in [0.05, 0.1) is 31.9 Å². The first kappa shape index (κ1) is 20.9. The van der Waals surface area contributed by atoms with E-state index in [0.29, 0.717) is 36.3 Å². The third-order valence-electron chi connectivity index (χ3n) is 4.61. The molecule has 2 aromatic heterocycles. The van der Waals surface area contributed by atoms with E-state index < -0.39 is 11.7 Å². The molecule has 4 rings (SSSR count). The van der Waals surface area contributed by atoms with Gasteiger partial charge in [-0.2, -0.15) is 8.78 Å². The minimum atomic E-state index is -3.09. The molecule has 7 nitrogen and oxygen atoms in total. The summed E-state index contributed by atoms with van der Waals surface area (Å²) in [6.07, 6.45) is 1.28. The maximum Gasteiger partial charge on any atom is 0.287 e. The zero-order valence-corrected chi connectivity index (χ0v) is 16.8. The van der Waals surface area contributed by atoms with Crippen molar-refractivity contribution in [3.05, 3.63) is 54.1 Å². The molecule has 1 fully saturated rings. The lowest BCUT2D eigenvalue weighted by Gasteiger charge is -2.27. The maximum atomic E-state index is 14.5. The summed E-state index contributed by atoms with van der Waals surface area (Å²) in [5.74, 6) is -2.31. The Hall–Kier alpha value is -3.40. The fourth-order valence-corrected chi connectivity index (χ4v) is 2.93. The smallest absolute Gasteiger partial charge is 0.287 e. The summed E-state index contributed by atoms with van der Waals surface area (Å²) in [5.41, 5.74) is 0.127. The molecule has 1 saturated heterocycles. The van der Waals surface area contributed by atoms with Gasteiger partial charge in [-0.3, -0.25) is 4.98 Å². The molecule has 1 aliphatic heterocycles. The number of methoxy groups -OCH3 is 1. The van der Waals surface area contributed by atoms with Gasteiger partial charge in [0.15, 0.2) is 5.82 Å². The van der Waals surface area contributed by atoms with Crippen molar-refractivity contribution in [2.75, 3.05) is 31.0 Å². The Morgan fingerprint density at radius 3 is 2.55 bits per heavy atom. The van der Waals surface area contributed by atoms with Gasteiger partial charge in [0.2, 0.25) is 0 Å². The zero-order valence-electron chi connectivity index (χ0n) is 16.8. The first-order valence-corrected chi connectivity index (χ1v) is 9.50. The Bertz CT molecular complexity index is 1090. The molecule has 31 heavy (non-hydrogen) atoms. The molecule has 1 aromatic carbocycles. The molecular weight excluding hydrogens is 411 g/mol. The molecule has 0 radical (unpaired) electrons. The fourth-order valence-electron chi connectivity index (χ4n) is 2.93. The first-order valence-electron chi connectivity index (χ1n) is 9.50. The second-order valence-electron chi connectivity index (χ2n) is 7.13.